The number of carbonyl (C=O) groups is 3. The number of carbonyl (C=O) groups excluding carboxylic acids is 3. The third-order valence-electron chi connectivity index (χ3n) is 3.40. The lowest BCUT2D eigenvalue weighted by molar-refractivity contribution is -0.130. The molecule has 1 fully saturated rings. The number of imide groups is 1. The van der Waals surface area contributed by atoms with Gasteiger partial charge in [0.1, 0.15) is 5.54 Å². The Morgan fingerprint density at radius 1 is 1.29 bits per heavy atom. The van der Waals surface area contributed by atoms with Gasteiger partial charge in [-0.2, -0.15) is 0 Å². The average Bonchev–Trinajstić information content (AvgIpc) is 2.62. The number of rotatable bonds is 4. The molecular weight excluding hydrogens is 272 g/mol. The molecule has 0 aliphatic carbocycles. The fraction of sp³-hybridized carbons (Fsp3) is 0.357. The lowest BCUT2D eigenvalue weighted by atomic mass is 10.0. The Morgan fingerprint density at radius 3 is 2.43 bits per heavy atom. The largest absolute Gasteiger partial charge is 0.325 e. The molecule has 4 N–H and O–H groups in total. The second kappa shape index (κ2) is 5.53. The zero-order valence-corrected chi connectivity index (χ0v) is 12.0. The van der Waals surface area contributed by atoms with Crippen LogP contribution >= 0.6 is 0 Å². The molecule has 1 aromatic rings. The monoisotopic (exact) mass is 290 g/mol. The average molecular weight is 290 g/mol. The van der Waals surface area contributed by atoms with E-state index >= 15 is 0 Å². The number of hydrazine groups is 1. The van der Waals surface area contributed by atoms with E-state index < -0.39 is 11.6 Å². The molecule has 0 saturated carbocycles. The van der Waals surface area contributed by atoms with Gasteiger partial charge in [-0.15, -0.1) is 0 Å². The van der Waals surface area contributed by atoms with E-state index in [1.165, 1.54) is 0 Å². The molecule has 2 rings (SSSR count). The van der Waals surface area contributed by atoms with E-state index in [1.54, 1.807) is 38.1 Å². The van der Waals surface area contributed by atoms with Crippen LogP contribution in [0, 0.1) is 0 Å². The molecule has 1 aliphatic heterocycles. The molecule has 0 bridgehead atoms. The Hall–Kier alpha value is -2.41. The van der Waals surface area contributed by atoms with Crippen molar-refractivity contribution < 1.29 is 14.4 Å². The van der Waals surface area contributed by atoms with E-state index in [4.69, 9.17) is 5.84 Å². The lowest BCUT2D eigenvalue weighted by Crippen LogP contribution is -2.40. The first kappa shape index (κ1) is 15.0. The van der Waals surface area contributed by atoms with Crippen molar-refractivity contribution in [3.63, 3.8) is 0 Å². The van der Waals surface area contributed by atoms with E-state index in [9.17, 15) is 14.4 Å². The van der Waals surface area contributed by atoms with Gasteiger partial charge in [-0.3, -0.25) is 19.9 Å². The van der Waals surface area contributed by atoms with Crippen molar-refractivity contribution in [2.24, 2.45) is 5.84 Å². The van der Waals surface area contributed by atoms with Crippen LogP contribution in [-0.2, 0) is 22.6 Å². The Kier molecular flexibility index (Phi) is 3.95. The zero-order chi connectivity index (χ0) is 15.6. The van der Waals surface area contributed by atoms with Crippen LogP contribution in [0.1, 0.15) is 25.0 Å². The van der Waals surface area contributed by atoms with Crippen molar-refractivity contribution in [2.45, 2.75) is 32.4 Å². The minimum atomic E-state index is -0.902. The van der Waals surface area contributed by atoms with Crippen molar-refractivity contribution >= 4 is 17.8 Å². The van der Waals surface area contributed by atoms with Gasteiger partial charge < -0.3 is 5.32 Å². The van der Waals surface area contributed by atoms with Gasteiger partial charge in [-0.1, -0.05) is 24.3 Å². The molecule has 4 amide bonds. The fourth-order valence-corrected chi connectivity index (χ4v) is 2.24. The van der Waals surface area contributed by atoms with Crippen LogP contribution in [0.5, 0.6) is 0 Å². The predicted molar refractivity (Wildman–Crippen MR) is 75.6 cm³/mol. The van der Waals surface area contributed by atoms with Crippen LogP contribution in [0.2, 0.25) is 0 Å². The Labute approximate surface area is 122 Å². The quantitative estimate of drug-likeness (QED) is 0.315. The van der Waals surface area contributed by atoms with Gasteiger partial charge in [-0.05, 0) is 25.0 Å². The molecule has 1 saturated heterocycles. The van der Waals surface area contributed by atoms with E-state index in [-0.39, 0.29) is 24.8 Å². The molecule has 1 aliphatic rings. The van der Waals surface area contributed by atoms with Gasteiger partial charge in [0, 0.05) is 0 Å². The molecule has 21 heavy (non-hydrogen) atoms. The number of nitrogens with zero attached hydrogens (tertiary/aromatic N) is 1. The standard InChI is InChI=1S/C14H18N4O3/c1-14(2)12(20)18(13(21)16-14)8-10-6-4-3-5-9(10)7-11(19)17-15/h3-6H,7-8,15H2,1-2H3,(H,16,21)(H,17,19). The van der Waals surface area contributed by atoms with Crippen LogP contribution in [0.15, 0.2) is 24.3 Å². The first-order valence-corrected chi connectivity index (χ1v) is 6.55. The molecule has 1 aromatic carbocycles. The zero-order valence-electron chi connectivity index (χ0n) is 12.0. The Bertz CT molecular complexity index is 598. The van der Waals surface area contributed by atoms with Gasteiger partial charge in [0.2, 0.25) is 5.91 Å². The number of nitrogens with two attached hydrogens (primary N) is 1. The third-order valence-corrected chi connectivity index (χ3v) is 3.40. The Morgan fingerprint density at radius 2 is 1.90 bits per heavy atom. The van der Waals surface area contributed by atoms with Crippen LogP contribution in [0.25, 0.3) is 0 Å². The highest BCUT2D eigenvalue weighted by Crippen LogP contribution is 2.21. The predicted octanol–water partition coefficient (Wildman–Crippen LogP) is 0.0494. The minimum absolute atomic E-state index is 0.0969. The number of nitrogens with one attached hydrogen (secondary N) is 2. The highest BCUT2D eigenvalue weighted by atomic mass is 16.2. The molecule has 0 unspecified atom stereocenters. The number of benzene rings is 1. The van der Waals surface area contributed by atoms with Crippen LogP contribution < -0.4 is 16.6 Å². The fourth-order valence-electron chi connectivity index (χ4n) is 2.24. The summed E-state index contributed by atoms with van der Waals surface area (Å²) in [5.74, 6) is 4.47. The summed E-state index contributed by atoms with van der Waals surface area (Å²) in [6.07, 6.45) is 0.0969. The topological polar surface area (TPSA) is 105 Å². The molecule has 112 valence electrons. The van der Waals surface area contributed by atoms with Gasteiger partial charge in [-0.25, -0.2) is 10.6 Å². The van der Waals surface area contributed by atoms with Crippen molar-refractivity contribution in [1.82, 2.24) is 15.6 Å². The van der Waals surface area contributed by atoms with Gasteiger partial charge in [0.05, 0.1) is 13.0 Å². The molecule has 7 nitrogen and oxygen atoms in total. The van der Waals surface area contributed by atoms with Crippen molar-refractivity contribution in [1.29, 1.82) is 0 Å². The summed E-state index contributed by atoms with van der Waals surface area (Å²) in [5, 5.41) is 2.62. The van der Waals surface area contributed by atoms with Crippen molar-refractivity contribution in [3.05, 3.63) is 35.4 Å². The lowest BCUT2D eigenvalue weighted by Gasteiger charge is -2.17. The maximum atomic E-state index is 12.2. The first-order chi connectivity index (χ1) is 9.85. The maximum absolute atomic E-state index is 12.2. The normalized spacial score (nSPS) is 16.8. The first-order valence-electron chi connectivity index (χ1n) is 6.55. The summed E-state index contributed by atoms with van der Waals surface area (Å²) in [4.78, 5) is 36.6. The van der Waals surface area contributed by atoms with Gasteiger partial charge in [0.25, 0.3) is 5.91 Å². The van der Waals surface area contributed by atoms with Crippen LogP contribution in [0.3, 0.4) is 0 Å². The van der Waals surface area contributed by atoms with E-state index in [1.807, 2.05) is 0 Å². The molecule has 0 radical (unpaired) electrons. The summed E-state index contributed by atoms with van der Waals surface area (Å²) >= 11 is 0. The minimum Gasteiger partial charge on any atom is -0.324 e. The number of hydrogen-bond acceptors (Lipinski definition) is 4. The van der Waals surface area contributed by atoms with Crippen LogP contribution in [-0.4, -0.2) is 28.3 Å². The Balaban J connectivity index is 2.22. The molecule has 0 atom stereocenters. The molecule has 0 aromatic heterocycles. The summed E-state index contributed by atoms with van der Waals surface area (Å²) < 4.78 is 0. The van der Waals surface area contributed by atoms with Gasteiger partial charge in [0.15, 0.2) is 0 Å². The molecule has 7 heteroatoms. The van der Waals surface area contributed by atoms with Crippen molar-refractivity contribution in [2.75, 3.05) is 0 Å². The number of amides is 4. The third kappa shape index (κ3) is 3.03. The van der Waals surface area contributed by atoms with E-state index in [0.717, 1.165) is 16.0 Å². The second-order valence-corrected chi connectivity index (χ2v) is 5.46. The molecule has 1 heterocycles. The SMILES string of the molecule is CC1(C)NC(=O)N(Cc2ccccc2CC(=O)NN)C1=O. The van der Waals surface area contributed by atoms with E-state index in [2.05, 4.69) is 10.7 Å². The number of hydrogen-bond donors (Lipinski definition) is 3. The number of urea groups is 1. The van der Waals surface area contributed by atoms with Gasteiger partial charge >= 0.3 is 6.03 Å². The van der Waals surface area contributed by atoms with Crippen LogP contribution in [0.4, 0.5) is 4.79 Å². The highest BCUT2D eigenvalue weighted by Gasteiger charge is 2.44. The highest BCUT2D eigenvalue weighted by molar-refractivity contribution is 6.06. The van der Waals surface area contributed by atoms with E-state index in [0.29, 0.717) is 0 Å². The summed E-state index contributed by atoms with van der Waals surface area (Å²) in [6.45, 7) is 3.43. The van der Waals surface area contributed by atoms with Crippen molar-refractivity contribution in [3.8, 4) is 0 Å². The summed E-state index contributed by atoms with van der Waals surface area (Å²) in [7, 11) is 0. The smallest absolute Gasteiger partial charge is 0.324 e. The maximum Gasteiger partial charge on any atom is 0.325 e. The molecular formula is C14H18N4O3. The molecule has 0 spiro atoms. The summed E-state index contributed by atoms with van der Waals surface area (Å²) in [5.41, 5.74) is 2.63. The second-order valence-electron chi connectivity index (χ2n) is 5.46. The summed E-state index contributed by atoms with van der Waals surface area (Å²) in [6, 6.07) is 6.71.